The molecule has 0 saturated carbocycles. The van der Waals surface area contributed by atoms with E-state index in [-0.39, 0.29) is 11.8 Å². The molecule has 5 rings (SSSR count). The summed E-state index contributed by atoms with van der Waals surface area (Å²) in [4.78, 5) is 27.4. The lowest BCUT2D eigenvalue weighted by Gasteiger charge is -2.27. The summed E-state index contributed by atoms with van der Waals surface area (Å²) >= 11 is 0. The Kier molecular flexibility index (Phi) is 6.54. The van der Waals surface area contributed by atoms with Gasteiger partial charge in [0.05, 0.1) is 25.9 Å². The Morgan fingerprint density at radius 1 is 1.03 bits per heavy atom. The molecule has 0 saturated heterocycles. The van der Waals surface area contributed by atoms with E-state index in [9.17, 15) is 9.59 Å². The second-order valence-electron chi connectivity index (χ2n) is 8.73. The fraction of sp³-hybridized carbons (Fsp3) is 0.207. The van der Waals surface area contributed by atoms with Gasteiger partial charge < -0.3 is 10.1 Å². The molecule has 7 heteroatoms. The van der Waals surface area contributed by atoms with Crippen molar-refractivity contribution in [2.24, 2.45) is 0 Å². The number of carbonyl (C=O) groups is 2. The van der Waals surface area contributed by atoms with Crippen LogP contribution >= 0.6 is 0 Å². The smallest absolute Gasteiger partial charge is 0.255 e. The highest BCUT2D eigenvalue weighted by molar-refractivity contribution is 6.04. The van der Waals surface area contributed by atoms with E-state index in [4.69, 9.17) is 9.84 Å². The standard InChI is InChI=1S/C29H28N4O3/c1-3-21-6-4-5-7-25(21)30-29(35)23-10-8-20(9-11-23)19-32-27-18-26(31-33(27)17-16-28(32)34)22-12-14-24(36-2)15-13-22/h4-15,18H,3,16-17,19H2,1-2H3,(H,30,35). The van der Waals surface area contributed by atoms with Crippen molar-refractivity contribution in [1.82, 2.24) is 9.78 Å². The van der Waals surface area contributed by atoms with E-state index < -0.39 is 0 Å². The van der Waals surface area contributed by atoms with Crippen LogP contribution in [-0.4, -0.2) is 28.7 Å². The van der Waals surface area contributed by atoms with Crippen molar-refractivity contribution >= 4 is 23.3 Å². The highest BCUT2D eigenvalue weighted by atomic mass is 16.5. The maximum Gasteiger partial charge on any atom is 0.255 e. The van der Waals surface area contributed by atoms with Crippen LogP contribution in [0.5, 0.6) is 5.75 Å². The number of ether oxygens (including phenoxy) is 1. The van der Waals surface area contributed by atoms with E-state index in [1.165, 1.54) is 0 Å². The molecule has 4 aromatic rings. The van der Waals surface area contributed by atoms with Gasteiger partial charge in [0.25, 0.3) is 5.91 Å². The van der Waals surface area contributed by atoms with Crippen LogP contribution in [0.15, 0.2) is 78.9 Å². The first kappa shape index (κ1) is 23.4. The molecule has 1 aliphatic rings. The minimum atomic E-state index is -0.154. The van der Waals surface area contributed by atoms with E-state index in [0.29, 0.717) is 25.1 Å². The Hall–Kier alpha value is -4.39. The van der Waals surface area contributed by atoms with Crippen LogP contribution < -0.4 is 15.0 Å². The van der Waals surface area contributed by atoms with Crippen LogP contribution in [0.1, 0.15) is 34.8 Å². The van der Waals surface area contributed by atoms with Crippen LogP contribution in [-0.2, 0) is 24.3 Å². The molecule has 2 amide bonds. The average Bonchev–Trinajstić information content (AvgIpc) is 3.36. The van der Waals surface area contributed by atoms with Crippen LogP contribution in [0.25, 0.3) is 11.3 Å². The zero-order chi connectivity index (χ0) is 25.1. The summed E-state index contributed by atoms with van der Waals surface area (Å²) < 4.78 is 7.13. The van der Waals surface area contributed by atoms with E-state index in [1.54, 1.807) is 24.1 Å². The number of para-hydroxylation sites is 1. The lowest BCUT2D eigenvalue weighted by molar-refractivity contribution is -0.119. The van der Waals surface area contributed by atoms with Gasteiger partial charge in [0.1, 0.15) is 11.6 Å². The summed E-state index contributed by atoms with van der Waals surface area (Å²) in [7, 11) is 1.64. The van der Waals surface area contributed by atoms with Gasteiger partial charge in [0, 0.05) is 29.3 Å². The van der Waals surface area contributed by atoms with Crippen molar-refractivity contribution in [3.8, 4) is 17.0 Å². The number of methoxy groups -OCH3 is 1. The Morgan fingerprint density at radius 2 is 1.78 bits per heavy atom. The fourth-order valence-electron chi connectivity index (χ4n) is 4.41. The number of fused-ring (bicyclic) bond motifs is 1. The van der Waals surface area contributed by atoms with Gasteiger partial charge in [0.2, 0.25) is 5.91 Å². The number of rotatable bonds is 7. The highest BCUT2D eigenvalue weighted by Gasteiger charge is 2.26. The third kappa shape index (κ3) is 4.73. The number of hydrogen-bond donors (Lipinski definition) is 1. The van der Waals surface area contributed by atoms with Gasteiger partial charge in [-0.05, 0) is 60.0 Å². The number of amides is 2. The molecule has 0 bridgehead atoms. The Bertz CT molecular complexity index is 1390. The summed E-state index contributed by atoms with van der Waals surface area (Å²) in [6, 6.07) is 24.9. The van der Waals surface area contributed by atoms with Gasteiger partial charge in [-0.25, -0.2) is 4.68 Å². The van der Waals surface area contributed by atoms with E-state index in [2.05, 4.69) is 12.2 Å². The number of hydrogen-bond acceptors (Lipinski definition) is 4. The zero-order valence-corrected chi connectivity index (χ0v) is 20.4. The number of carbonyl (C=O) groups excluding carboxylic acids is 2. The molecule has 7 nitrogen and oxygen atoms in total. The summed E-state index contributed by atoms with van der Waals surface area (Å²) in [6.45, 7) is 3.03. The summed E-state index contributed by atoms with van der Waals surface area (Å²) in [5.74, 6) is 1.46. The lowest BCUT2D eigenvalue weighted by Crippen LogP contribution is -2.36. The molecule has 0 unspecified atom stereocenters. The molecule has 0 spiro atoms. The predicted octanol–water partition coefficient (Wildman–Crippen LogP) is 5.31. The molecule has 1 aromatic heterocycles. The SMILES string of the molecule is CCc1ccccc1NC(=O)c1ccc(CN2C(=O)CCn3nc(-c4ccc(OC)cc4)cc32)cc1. The molecule has 1 N–H and O–H groups in total. The molecule has 3 aromatic carbocycles. The maximum atomic E-state index is 12.8. The number of nitrogens with zero attached hydrogens (tertiary/aromatic N) is 3. The fourth-order valence-corrected chi connectivity index (χ4v) is 4.41. The van der Waals surface area contributed by atoms with Gasteiger partial charge >= 0.3 is 0 Å². The number of aromatic nitrogens is 2. The molecule has 0 fully saturated rings. The number of benzene rings is 3. The van der Waals surface area contributed by atoms with E-state index in [1.807, 2.05) is 71.4 Å². The van der Waals surface area contributed by atoms with Crippen molar-refractivity contribution in [1.29, 1.82) is 0 Å². The molecule has 0 radical (unpaired) electrons. The molecule has 2 heterocycles. The normalized spacial score (nSPS) is 12.8. The molecular formula is C29H28N4O3. The Morgan fingerprint density at radius 3 is 2.50 bits per heavy atom. The van der Waals surface area contributed by atoms with Gasteiger partial charge in [0.15, 0.2) is 0 Å². The first-order valence-electron chi connectivity index (χ1n) is 12.1. The van der Waals surface area contributed by atoms with Gasteiger partial charge in [-0.3, -0.25) is 14.5 Å². The molecule has 0 atom stereocenters. The van der Waals surface area contributed by atoms with Gasteiger partial charge in [-0.2, -0.15) is 5.10 Å². The van der Waals surface area contributed by atoms with E-state index in [0.717, 1.165) is 46.1 Å². The second kappa shape index (κ2) is 10.1. The Balaban J connectivity index is 1.32. The largest absolute Gasteiger partial charge is 0.497 e. The quantitative estimate of drug-likeness (QED) is 0.389. The maximum absolute atomic E-state index is 12.8. The minimum absolute atomic E-state index is 0.0571. The van der Waals surface area contributed by atoms with Crippen LogP contribution in [0.2, 0.25) is 0 Å². The number of anilines is 2. The third-order valence-corrected chi connectivity index (χ3v) is 6.46. The lowest BCUT2D eigenvalue weighted by atomic mass is 10.1. The topological polar surface area (TPSA) is 76.5 Å². The summed E-state index contributed by atoms with van der Waals surface area (Å²) in [5.41, 5.74) is 5.21. The predicted molar refractivity (Wildman–Crippen MR) is 140 cm³/mol. The number of aryl methyl sites for hydroxylation is 2. The first-order valence-corrected chi connectivity index (χ1v) is 12.1. The van der Waals surface area contributed by atoms with Crippen molar-refractivity contribution in [3.63, 3.8) is 0 Å². The highest BCUT2D eigenvalue weighted by Crippen LogP contribution is 2.30. The molecule has 0 aliphatic carbocycles. The molecule has 1 aliphatic heterocycles. The Labute approximate surface area is 210 Å². The zero-order valence-electron chi connectivity index (χ0n) is 20.4. The van der Waals surface area contributed by atoms with Crippen molar-refractivity contribution in [3.05, 3.63) is 95.6 Å². The minimum Gasteiger partial charge on any atom is -0.497 e. The second-order valence-corrected chi connectivity index (χ2v) is 8.73. The monoisotopic (exact) mass is 480 g/mol. The summed E-state index contributed by atoms with van der Waals surface area (Å²) in [5, 5.41) is 7.72. The van der Waals surface area contributed by atoms with Gasteiger partial charge in [-0.15, -0.1) is 0 Å². The van der Waals surface area contributed by atoms with Crippen LogP contribution in [0.4, 0.5) is 11.5 Å². The van der Waals surface area contributed by atoms with Crippen molar-refractivity contribution in [2.75, 3.05) is 17.3 Å². The number of nitrogens with one attached hydrogen (secondary N) is 1. The molecular weight excluding hydrogens is 452 g/mol. The summed E-state index contributed by atoms with van der Waals surface area (Å²) in [6.07, 6.45) is 1.24. The molecule has 182 valence electrons. The molecule has 36 heavy (non-hydrogen) atoms. The first-order chi connectivity index (χ1) is 17.6. The average molecular weight is 481 g/mol. The van der Waals surface area contributed by atoms with Crippen molar-refractivity contribution < 1.29 is 14.3 Å². The van der Waals surface area contributed by atoms with Crippen LogP contribution in [0, 0.1) is 0 Å². The third-order valence-electron chi connectivity index (χ3n) is 6.46. The van der Waals surface area contributed by atoms with Crippen LogP contribution in [0.3, 0.4) is 0 Å². The van der Waals surface area contributed by atoms with E-state index >= 15 is 0 Å². The van der Waals surface area contributed by atoms with Crippen molar-refractivity contribution in [2.45, 2.75) is 32.9 Å². The van der Waals surface area contributed by atoms with Gasteiger partial charge in [-0.1, -0.05) is 37.3 Å².